The van der Waals surface area contributed by atoms with Crippen molar-refractivity contribution in [1.29, 1.82) is 0 Å². The smallest absolute Gasteiger partial charge is 0.143 e. The minimum atomic E-state index is 0.901. The van der Waals surface area contributed by atoms with E-state index in [1.807, 2.05) is 0 Å². The lowest BCUT2D eigenvalue weighted by Gasteiger charge is -2.19. The molecule has 0 bridgehead atoms. The van der Waals surface area contributed by atoms with Gasteiger partial charge in [0.15, 0.2) is 0 Å². The van der Waals surface area contributed by atoms with Crippen molar-refractivity contribution in [3.05, 3.63) is 194 Å². The largest absolute Gasteiger partial charge is 0.455 e. The summed E-state index contributed by atoms with van der Waals surface area (Å²) in [5.41, 5.74) is 13.8. The van der Waals surface area contributed by atoms with Crippen molar-refractivity contribution in [3.63, 3.8) is 0 Å². The summed E-state index contributed by atoms with van der Waals surface area (Å²) in [6, 6.07) is 69.9. The van der Waals surface area contributed by atoms with Crippen LogP contribution in [-0.2, 0) is 0 Å². The molecule has 1 heterocycles. The molecule has 0 saturated heterocycles. The fourth-order valence-corrected chi connectivity index (χ4v) is 7.89. The molecular formula is C50H32O. The molecule has 0 N–H and O–H groups in total. The summed E-state index contributed by atoms with van der Waals surface area (Å²) < 4.78 is 6.59. The molecule has 10 aromatic rings. The fraction of sp³-hybridized carbons (Fsp3) is 0. The molecule has 10 rings (SSSR count). The van der Waals surface area contributed by atoms with Crippen LogP contribution in [0.5, 0.6) is 0 Å². The van der Waals surface area contributed by atoms with Crippen molar-refractivity contribution < 1.29 is 4.42 Å². The van der Waals surface area contributed by atoms with Gasteiger partial charge in [-0.15, -0.1) is 0 Å². The van der Waals surface area contributed by atoms with Gasteiger partial charge in [0.05, 0.1) is 0 Å². The van der Waals surface area contributed by atoms with Crippen LogP contribution < -0.4 is 0 Å². The molecule has 0 unspecified atom stereocenters. The molecule has 9 aromatic carbocycles. The van der Waals surface area contributed by atoms with Gasteiger partial charge in [-0.3, -0.25) is 0 Å². The second kappa shape index (κ2) is 12.0. The number of benzene rings is 9. The summed E-state index contributed by atoms with van der Waals surface area (Å²) in [6.07, 6.45) is 0. The van der Waals surface area contributed by atoms with Crippen LogP contribution in [0.15, 0.2) is 199 Å². The summed E-state index contributed by atoms with van der Waals surface area (Å²) >= 11 is 0. The van der Waals surface area contributed by atoms with E-state index in [-0.39, 0.29) is 0 Å². The van der Waals surface area contributed by atoms with Crippen molar-refractivity contribution in [1.82, 2.24) is 0 Å². The number of hydrogen-bond donors (Lipinski definition) is 0. The zero-order valence-electron chi connectivity index (χ0n) is 27.9. The van der Waals surface area contributed by atoms with Crippen molar-refractivity contribution in [3.8, 4) is 55.6 Å². The van der Waals surface area contributed by atoms with E-state index in [9.17, 15) is 0 Å². The van der Waals surface area contributed by atoms with Gasteiger partial charge in [-0.2, -0.15) is 0 Å². The Bertz CT molecular complexity index is 2880. The Balaban J connectivity index is 1.16. The Morgan fingerprint density at radius 2 is 0.725 bits per heavy atom. The van der Waals surface area contributed by atoms with Crippen LogP contribution in [0.1, 0.15) is 0 Å². The third kappa shape index (κ3) is 4.94. The highest BCUT2D eigenvalue weighted by atomic mass is 16.3. The van der Waals surface area contributed by atoms with Crippen LogP contribution in [0.4, 0.5) is 0 Å². The minimum absolute atomic E-state index is 0.901. The minimum Gasteiger partial charge on any atom is -0.455 e. The van der Waals surface area contributed by atoms with Gasteiger partial charge in [0, 0.05) is 16.3 Å². The van der Waals surface area contributed by atoms with Gasteiger partial charge in [-0.25, -0.2) is 0 Å². The van der Waals surface area contributed by atoms with Gasteiger partial charge in [0.1, 0.15) is 11.2 Å². The molecule has 0 fully saturated rings. The maximum Gasteiger partial charge on any atom is 0.143 e. The highest BCUT2D eigenvalue weighted by Gasteiger charge is 2.18. The standard InChI is InChI=1S/C50H32O/c1-4-14-33(15-5-1)37-27-29-47-45(31-37)44-25-13-24-40(50(44)51-47)39-21-12-20-36(30-39)38-26-28-43-46(32-38)49(35-18-8-3-9-19-35)42-23-11-10-22-41(42)48(43)34-16-6-2-7-17-34/h1-32H. The van der Waals surface area contributed by atoms with E-state index in [1.165, 1.54) is 66.1 Å². The molecule has 1 aromatic heterocycles. The average molecular weight is 649 g/mol. The molecule has 0 atom stereocenters. The lowest BCUT2D eigenvalue weighted by molar-refractivity contribution is 0.670. The Morgan fingerprint density at radius 1 is 0.255 bits per heavy atom. The molecule has 51 heavy (non-hydrogen) atoms. The normalized spacial score (nSPS) is 11.5. The molecule has 238 valence electrons. The van der Waals surface area contributed by atoms with Gasteiger partial charge in [-0.1, -0.05) is 170 Å². The second-order valence-corrected chi connectivity index (χ2v) is 13.2. The Kier molecular flexibility index (Phi) is 6.89. The number of furan rings is 1. The maximum atomic E-state index is 6.59. The molecule has 0 aliphatic heterocycles. The van der Waals surface area contributed by atoms with Crippen LogP contribution >= 0.6 is 0 Å². The molecular weight excluding hydrogens is 617 g/mol. The molecule has 0 radical (unpaired) electrons. The molecule has 0 amide bonds. The Labute approximate surface area is 296 Å². The van der Waals surface area contributed by atoms with Crippen LogP contribution in [0, 0.1) is 0 Å². The van der Waals surface area contributed by atoms with Crippen LogP contribution in [0.25, 0.3) is 99.1 Å². The number of para-hydroxylation sites is 1. The monoisotopic (exact) mass is 648 g/mol. The van der Waals surface area contributed by atoms with E-state index < -0.39 is 0 Å². The molecule has 0 spiro atoms. The maximum absolute atomic E-state index is 6.59. The molecule has 1 nitrogen and oxygen atoms in total. The van der Waals surface area contributed by atoms with E-state index in [0.717, 1.165) is 33.1 Å². The summed E-state index contributed by atoms with van der Waals surface area (Å²) in [7, 11) is 0. The fourth-order valence-electron chi connectivity index (χ4n) is 7.89. The zero-order valence-corrected chi connectivity index (χ0v) is 27.9. The summed E-state index contributed by atoms with van der Waals surface area (Å²) in [5.74, 6) is 0. The highest BCUT2D eigenvalue weighted by molar-refractivity contribution is 6.22. The van der Waals surface area contributed by atoms with Crippen LogP contribution in [0.3, 0.4) is 0 Å². The first-order valence-electron chi connectivity index (χ1n) is 17.5. The SMILES string of the molecule is c1ccc(-c2ccc3oc4c(-c5cccc(-c6ccc7c(-c8ccccc8)c8ccccc8c(-c8ccccc8)c7c6)c5)cccc4c3c2)cc1. The van der Waals surface area contributed by atoms with E-state index >= 15 is 0 Å². The van der Waals surface area contributed by atoms with Gasteiger partial charge in [0.25, 0.3) is 0 Å². The molecule has 0 aliphatic rings. The van der Waals surface area contributed by atoms with Crippen molar-refractivity contribution in [2.75, 3.05) is 0 Å². The molecule has 1 heteroatoms. The Morgan fingerprint density at radius 3 is 1.43 bits per heavy atom. The summed E-state index contributed by atoms with van der Waals surface area (Å²) in [5, 5.41) is 7.28. The van der Waals surface area contributed by atoms with Gasteiger partial charge in [-0.05, 0) is 95.9 Å². The van der Waals surface area contributed by atoms with Crippen LogP contribution in [-0.4, -0.2) is 0 Å². The first-order chi connectivity index (χ1) is 25.3. The second-order valence-electron chi connectivity index (χ2n) is 13.2. The van der Waals surface area contributed by atoms with Gasteiger partial charge < -0.3 is 4.42 Å². The third-order valence-electron chi connectivity index (χ3n) is 10.3. The van der Waals surface area contributed by atoms with Crippen molar-refractivity contribution in [2.24, 2.45) is 0 Å². The first kappa shape index (κ1) is 29.2. The van der Waals surface area contributed by atoms with Crippen molar-refractivity contribution >= 4 is 43.5 Å². The topological polar surface area (TPSA) is 13.1 Å². The van der Waals surface area contributed by atoms with E-state index in [4.69, 9.17) is 4.42 Å². The van der Waals surface area contributed by atoms with Crippen molar-refractivity contribution in [2.45, 2.75) is 0 Å². The van der Waals surface area contributed by atoms with E-state index in [1.54, 1.807) is 0 Å². The van der Waals surface area contributed by atoms with Gasteiger partial charge in [0.2, 0.25) is 0 Å². The lowest BCUT2D eigenvalue weighted by atomic mass is 9.85. The number of rotatable bonds is 5. The summed E-state index contributed by atoms with van der Waals surface area (Å²) in [6.45, 7) is 0. The predicted molar refractivity (Wildman–Crippen MR) is 216 cm³/mol. The molecule has 0 saturated carbocycles. The number of fused-ring (bicyclic) bond motifs is 5. The lowest BCUT2D eigenvalue weighted by Crippen LogP contribution is -1.91. The Hall–Kier alpha value is -6.70. The number of hydrogen-bond acceptors (Lipinski definition) is 1. The highest BCUT2D eigenvalue weighted by Crippen LogP contribution is 2.45. The molecule has 0 aliphatic carbocycles. The predicted octanol–water partition coefficient (Wildman–Crippen LogP) is 14.2. The van der Waals surface area contributed by atoms with E-state index in [2.05, 4.69) is 194 Å². The quantitative estimate of drug-likeness (QED) is 0.169. The summed E-state index contributed by atoms with van der Waals surface area (Å²) in [4.78, 5) is 0. The van der Waals surface area contributed by atoms with Crippen LogP contribution in [0.2, 0.25) is 0 Å². The third-order valence-corrected chi connectivity index (χ3v) is 10.3. The van der Waals surface area contributed by atoms with E-state index in [0.29, 0.717) is 0 Å². The average Bonchev–Trinajstić information content (AvgIpc) is 3.59. The first-order valence-corrected chi connectivity index (χ1v) is 17.5. The zero-order chi connectivity index (χ0) is 33.7. The van der Waals surface area contributed by atoms with Gasteiger partial charge >= 0.3 is 0 Å².